The monoisotopic (exact) mass is 325 g/mol. The molecule has 1 unspecified atom stereocenters. The number of hydrogen-bond acceptors (Lipinski definition) is 5. The number of hydrogen-bond donors (Lipinski definition) is 2. The van der Waals surface area contributed by atoms with Crippen molar-refractivity contribution in [3.05, 3.63) is 0 Å². The van der Waals surface area contributed by atoms with Crippen molar-refractivity contribution in [3.63, 3.8) is 0 Å². The van der Waals surface area contributed by atoms with Gasteiger partial charge in [-0.25, -0.2) is 9.86 Å². The van der Waals surface area contributed by atoms with Gasteiger partial charge in [0.25, 0.3) is 11.8 Å². The molecule has 2 heterocycles. The zero-order valence-corrected chi connectivity index (χ0v) is 13.3. The Balaban J connectivity index is 1.70. The molecule has 4 amide bonds. The highest BCUT2D eigenvalue weighted by molar-refractivity contribution is 6.07. The number of nitrogens with zero attached hydrogens (tertiary/aromatic N) is 2. The first-order valence-corrected chi connectivity index (χ1v) is 8.17. The van der Waals surface area contributed by atoms with E-state index in [4.69, 9.17) is 4.84 Å². The first kappa shape index (κ1) is 16.2. The van der Waals surface area contributed by atoms with Gasteiger partial charge in [0.15, 0.2) is 5.60 Å². The molecule has 0 aromatic carbocycles. The molecule has 8 heteroatoms. The minimum absolute atomic E-state index is 0.340. The van der Waals surface area contributed by atoms with Crippen LogP contribution in [0.3, 0.4) is 0 Å². The van der Waals surface area contributed by atoms with E-state index in [1.807, 2.05) is 0 Å². The lowest BCUT2D eigenvalue weighted by Gasteiger charge is -2.33. The number of aliphatic hydroxyl groups is 1. The summed E-state index contributed by atoms with van der Waals surface area (Å²) in [5.41, 5.74) is -2.70. The molecule has 0 aromatic heterocycles. The van der Waals surface area contributed by atoms with Gasteiger partial charge in [0, 0.05) is 6.54 Å². The van der Waals surface area contributed by atoms with Crippen LogP contribution in [0.1, 0.15) is 45.4 Å². The lowest BCUT2D eigenvalue weighted by molar-refractivity contribution is -0.213. The molecule has 2 saturated heterocycles. The van der Waals surface area contributed by atoms with Crippen LogP contribution >= 0.6 is 0 Å². The third kappa shape index (κ3) is 2.81. The molecule has 0 bridgehead atoms. The van der Waals surface area contributed by atoms with Crippen molar-refractivity contribution in [1.82, 2.24) is 15.3 Å². The van der Waals surface area contributed by atoms with E-state index in [0.717, 1.165) is 35.6 Å². The largest absolute Gasteiger partial charge is 0.378 e. The number of imide groups is 1. The van der Waals surface area contributed by atoms with Gasteiger partial charge < -0.3 is 10.4 Å². The molecule has 2 N–H and O–H groups in total. The molecule has 1 aliphatic carbocycles. The molecule has 128 valence electrons. The van der Waals surface area contributed by atoms with Crippen molar-refractivity contribution in [3.8, 4) is 0 Å². The molecule has 3 fully saturated rings. The number of amides is 4. The van der Waals surface area contributed by atoms with Gasteiger partial charge in [0.05, 0.1) is 13.2 Å². The van der Waals surface area contributed by atoms with Gasteiger partial charge in [-0.15, -0.1) is 0 Å². The first-order chi connectivity index (χ1) is 10.9. The van der Waals surface area contributed by atoms with E-state index >= 15 is 0 Å². The number of rotatable bonds is 3. The minimum atomic E-state index is -1.87. The summed E-state index contributed by atoms with van der Waals surface area (Å²) in [5.74, 6) is -0.960. The molecule has 23 heavy (non-hydrogen) atoms. The Morgan fingerprint density at radius 1 is 1.30 bits per heavy atom. The van der Waals surface area contributed by atoms with Gasteiger partial charge >= 0.3 is 6.03 Å². The highest BCUT2D eigenvalue weighted by Gasteiger charge is 2.54. The van der Waals surface area contributed by atoms with Crippen LogP contribution in [0.2, 0.25) is 0 Å². The Morgan fingerprint density at radius 2 is 2.00 bits per heavy atom. The fourth-order valence-electron chi connectivity index (χ4n) is 3.54. The van der Waals surface area contributed by atoms with E-state index in [1.54, 1.807) is 0 Å². The number of urea groups is 1. The Kier molecular flexibility index (Phi) is 4.05. The standard InChI is InChI=1S/C15H23N3O5/c1-14(22,11(19)18-8-4-5-9-23-18)10-17-12(20)15(16-13(17)21)6-2-3-7-15/h22H,2-10H2,1H3,(H,16,21). The van der Waals surface area contributed by atoms with E-state index in [9.17, 15) is 19.5 Å². The van der Waals surface area contributed by atoms with Crippen LogP contribution in [0.15, 0.2) is 0 Å². The maximum atomic E-state index is 12.6. The van der Waals surface area contributed by atoms with Crippen LogP contribution in [0.5, 0.6) is 0 Å². The summed E-state index contributed by atoms with van der Waals surface area (Å²) in [6, 6.07) is -0.537. The molecule has 3 aliphatic rings. The molecule has 1 saturated carbocycles. The Hall–Kier alpha value is -1.67. The van der Waals surface area contributed by atoms with Crippen molar-refractivity contribution in [2.75, 3.05) is 19.7 Å². The molecular weight excluding hydrogens is 302 g/mol. The van der Waals surface area contributed by atoms with Crippen LogP contribution in [0.4, 0.5) is 4.79 Å². The van der Waals surface area contributed by atoms with E-state index in [-0.39, 0.29) is 12.5 Å². The van der Waals surface area contributed by atoms with Crippen molar-refractivity contribution >= 4 is 17.8 Å². The van der Waals surface area contributed by atoms with Gasteiger partial charge in [-0.3, -0.25) is 19.3 Å². The third-order valence-electron chi connectivity index (χ3n) is 4.86. The normalized spacial score (nSPS) is 26.5. The summed E-state index contributed by atoms with van der Waals surface area (Å²) in [4.78, 5) is 43.4. The highest BCUT2D eigenvalue weighted by Crippen LogP contribution is 2.35. The maximum Gasteiger partial charge on any atom is 0.325 e. The molecule has 1 atom stereocenters. The zero-order valence-electron chi connectivity index (χ0n) is 13.3. The fraction of sp³-hybridized carbons (Fsp3) is 0.800. The van der Waals surface area contributed by atoms with Gasteiger partial charge in [0.2, 0.25) is 0 Å². The predicted octanol–water partition coefficient (Wildman–Crippen LogP) is 0.156. The topological polar surface area (TPSA) is 99.2 Å². The Bertz CT molecular complexity index is 521. The lowest BCUT2D eigenvalue weighted by Crippen LogP contribution is -2.55. The molecule has 3 rings (SSSR count). The van der Waals surface area contributed by atoms with Crippen molar-refractivity contribution < 1.29 is 24.3 Å². The molecular formula is C15H23N3O5. The van der Waals surface area contributed by atoms with Crippen LogP contribution < -0.4 is 5.32 Å². The molecule has 1 spiro atoms. The average molecular weight is 325 g/mol. The molecule has 0 radical (unpaired) electrons. The third-order valence-corrected chi connectivity index (χ3v) is 4.86. The summed E-state index contributed by atoms with van der Waals surface area (Å²) >= 11 is 0. The highest BCUT2D eigenvalue weighted by atomic mass is 16.7. The lowest BCUT2D eigenvalue weighted by atomic mass is 9.97. The van der Waals surface area contributed by atoms with Gasteiger partial charge in [-0.1, -0.05) is 12.8 Å². The number of nitrogens with one attached hydrogen (secondary N) is 1. The number of carbonyl (C=O) groups is 3. The summed E-state index contributed by atoms with van der Waals surface area (Å²) in [6.45, 7) is 1.78. The number of carbonyl (C=O) groups excluding carboxylic acids is 3. The van der Waals surface area contributed by atoms with Crippen LogP contribution in [0.25, 0.3) is 0 Å². The molecule has 2 aliphatic heterocycles. The minimum Gasteiger partial charge on any atom is -0.378 e. The maximum absolute atomic E-state index is 12.6. The predicted molar refractivity (Wildman–Crippen MR) is 79.0 cm³/mol. The average Bonchev–Trinajstić information content (AvgIpc) is 3.09. The van der Waals surface area contributed by atoms with Crippen LogP contribution in [-0.2, 0) is 14.4 Å². The van der Waals surface area contributed by atoms with Crippen LogP contribution in [-0.4, -0.2) is 63.8 Å². The molecule has 0 aromatic rings. The van der Waals surface area contributed by atoms with E-state index in [1.165, 1.54) is 6.92 Å². The van der Waals surface area contributed by atoms with Crippen molar-refractivity contribution in [1.29, 1.82) is 0 Å². The van der Waals surface area contributed by atoms with E-state index in [0.29, 0.717) is 26.0 Å². The van der Waals surface area contributed by atoms with Crippen molar-refractivity contribution in [2.45, 2.75) is 56.6 Å². The first-order valence-electron chi connectivity index (χ1n) is 8.17. The second-order valence-corrected chi connectivity index (χ2v) is 6.83. The summed E-state index contributed by atoms with van der Waals surface area (Å²) in [7, 11) is 0. The summed E-state index contributed by atoms with van der Waals surface area (Å²) in [6.07, 6.45) is 4.65. The fourth-order valence-corrected chi connectivity index (χ4v) is 3.54. The second kappa shape index (κ2) is 5.76. The summed E-state index contributed by atoms with van der Waals surface area (Å²) < 4.78 is 0. The summed E-state index contributed by atoms with van der Waals surface area (Å²) in [5, 5.41) is 14.4. The van der Waals surface area contributed by atoms with E-state index < -0.39 is 23.1 Å². The molecule has 8 nitrogen and oxygen atoms in total. The smallest absolute Gasteiger partial charge is 0.325 e. The number of β-amino-alcohol motifs (C(OH)–C–C–N with tert-alkyl or cyclic N) is 1. The SMILES string of the molecule is CC(O)(CN1C(=O)NC2(CCCC2)C1=O)C(=O)N1CCCCO1. The van der Waals surface area contributed by atoms with Gasteiger partial charge in [-0.2, -0.15) is 0 Å². The van der Waals surface area contributed by atoms with Crippen LogP contribution in [0, 0.1) is 0 Å². The van der Waals surface area contributed by atoms with Gasteiger partial charge in [0.1, 0.15) is 5.54 Å². The number of hydroxylamine groups is 2. The van der Waals surface area contributed by atoms with Gasteiger partial charge in [-0.05, 0) is 32.6 Å². The van der Waals surface area contributed by atoms with Crippen molar-refractivity contribution in [2.24, 2.45) is 0 Å². The van der Waals surface area contributed by atoms with E-state index in [2.05, 4.69) is 5.32 Å². The Morgan fingerprint density at radius 3 is 2.61 bits per heavy atom. The zero-order chi connectivity index (χ0) is 16.7. The Labute approximate surface area is 134 Å². The second-order valence-electron chi connectivity index (χ2n) is 6.83. The quantitative estimate of drug-likeness (QED) is 0.720.